The molecule has 1 N–H and O–H groups in total. The number of halogens is 2. The summed E-state index contributed by atoms with van der Waals surface area (Å²) >= 11 is 1.39. The third-order valence-electron chi connectivity index (χ3n) is 2.09. The molecule has 0 amide bonds. The van der Waals surface area contributed by atoms with Crippen LogP contribution >= 0.6 is 11.3 Å². The van der Waals surface area contributed by atoms with Crippen LogP contribution in [0, 0.1) is 23.0 Å². The molecule has 17 heavy (non-hydrogen) atoms. The average molecular weight is 251 g/mol. The Kier molecular flexibility index (Phi) is 3.30. The van der Waals surface area contributed by atoms with E-state index in [1.807, 2.05) is 0 Å². The standard InChI is InChI=1S/C11H7F2N3S/c12-9-1-7(3-14)2-10(13)11(9)16-5-8-4-15-6-17-8/h1-2,4,6,16H,5H2. The Morgan fingerprint density at radius 1 is 1.35 bits per heavy atom. The van der Waals surface area contributed by atoms with Gasteiger partial charge in [-0.2, -0.15) is 5.26 Å². The molecule has 1 aromatic heterocycles. The molecule has 0 aliphatic carbocycles. The topological polar surface area (TPSA) is 48.7 Å². The fraction of sp³-hybridized carbons (Fsp3) is 0.0909. The van der Waals surface area contributed by atoms with Crippen molar-refractivity contribution < 1.29 is 8.78 Å². The number of nitrogens with zero attached hydrogens (tertiary/aromatic N) is 2. The highest BCUT2D eigenvalue weighted by Gasteiger charge is 2.11. The first-order chi connectivity index (χ1) is 8.20. The fourth-order valence-electron chi connectivity index (χ4n) is 1.31. The Morgan fingerprint density at radius 3 is 2.59 bits per heavy atom. The number of thiazole rings is 1. The summed E-state index contributed by atoms with van der Waals surface area (Å²) in [5.74, 6) is -1.54. The van der Waals surface area contributed by atoms with Crippen LogP contribution in [0.2, 0.25) is 0 Å². The summed E-state index contributed by atoms with van der Waals surface area (Å²) < 4.78 is 26.9. The van der Waals surface area contributed by atoms with Crippen LogP contribution < -0.4 is 5.32 Å². The summed E-state index contributed by atoms with van der Waals surface area (Å²) in [6.45, 7) is 0.296. The fourth-order valence-corrected chi connectivity index (χ4v) is 1.85. The number of anilines is 1. The summed E-state index contributed by atoms with van der Waals surface area (Å²) in [6, 6.07) is 3.69. The van der Waals surface area contributed by atoms with Gasteiger partial charge in [-0.05, 0) is 12.1 Å². The first-order valence-electron chi connectivity index (χ1n) is 4.71. The van der Waals surface area contributed by atoms with Gasteiger partial charge in [-0.1, -0.05) is 0 Å². The predicted octanol–water partition coefficient (Wildman–Crippen LogP) is 2.91. The highest BCUT2D eigenvalue weighted by molar-refractivity contribution is 7.09. The minimum absolute atomic E-state index is 0.0386. The SMILES string of the molecule is N#Cc1cc(F)c(NCc2cncs2)c(F)c1. The van der Waals surface area contributed by atoms with E-state index in [2.05, 4.69) is 10.3 Å². The van der Waals surface area contributed by atoms with Gasteiger partial charge in [-0.3, -0.25) is 4.98 Å². The lowest BCUT2D eigenvalue weighted by Gasteiger charge is -2.07. The van der Waals surface area contributed by atoms with Crippen molar-refractivity contribution >= 4 is 17.0 Å². The average Bonchev–Trinajstić information content (AvgIpc) is 2.80. The van der Waals surface area contributed by atoms with E-state index >= 15 is 0 Å². The summed E-state index contributed by atoms with van der Waals surface area (Å²) in [4.78, 5) is 4.72. The number of nitriles is 1. The van der Waals surface area contributed by atoms with Crippen molar-refractivity contribution in [3.8, 4) is 6.07 Å². The molecule has 0 aliphatic rings. The molecule has 1 heterocycles. The molecular weight excluding hydrogens is 244 g/mol. The number of benzene rings is 1. The van der Waals surface area contributed by atoms with Gasteiger partial charge in [0.05, 0.1) is 23.7 Å². The lowest BCUT2D eigenvalue weighted by Crippen LogP contribution is -2.03. The van der Waals surface area contributed by atoms with E-state index in [0.717, 1.165) is 17.0 Å². The number of nitrogens with one attached hydrogen (secondary N) is 1. The van der Waals surface area contributed by atoms with E-state index in [9.17, 15) is 8.78 Å². The van der Waals surface area contributed by atoms with Gasteiger partial charge in [0.25, 0.3) is 0 Å². The molecule has 0 aliphatic heterocycles. The minimum atomic E-state index is -0.772. The van der Waals surface area contributed by atoms with Crippen LogP contribution in [-0.4, -0.2) is 4.98 Å². The van der Waals surface area contributed by atoms with E-state index in [1.54, 1.807) is 17.8 Å². The van der Waals surface area contributed by atoms with Crippen LogP contribution in [0.5, 0.6) is 0 Å². The molecule has 2 rings (SSSR count). The molecule has 0 radical (unpaired) electrons. The van der Waals surface area contributed by atoms with Crippen LogP contribution in [0.1, 0.15) is 10.4 Å². The van der Waals surface area contributed by atoms with E-state index in [0.29, 0.717) is 6.54 Å². The molecule has 86 valence electrons. The smallest absolute Gasteiger partial charge is 0.150 e. The second kappa shape index (κ2) is 4.89. The van der Waals surface area contributed by atoms with E-state index < -0.39 is 11.6 Å². The van der Waals surface area contributed by atoms with E-state index in [1.165, 1.54) is 11.3 Å². The number of aromatic nitrogens is 1. The molecule has 1 aromatic carbocycles. The zero-order valence-electron chi connectivity index (χ0n) is 8.58. The van der Waals surface area contributed by atoms with Gasteiger partial charge >= 0.3 is 0 Å². The highest BCUT2D eigenvalue weighted by atomic mass is 32.1. The Balaban J connectivity index is 2.19. The molecule has 0 saturated heterocycles. The van der Waals surface area contributed by atoms with Gasteiger partial charge in [0.15, 0.2) is 11.6 Å². The minimum Gasteiger partial charge on any atom is -0.375 e. The molecule has 2 aromatic rings. The normalized spacial score (nSPS) is 9.94. The van der Waals surface area contributed by atoms with Gasteiger partial charge in [0.2, 0.25) is 0 Å². The molecular formula is C11H7F2N3S. The van der Waals surface area contributed by atoms with Crippen molar-refractivity contribution in [2.75, 3.05) is 5.32 Å². The maximum atomic E-state index is 13.5. The monoisotopic (exact) mass is 251 g/mol. The van der Waals surface area contributed by atoms with Crippen molar-refractivity contribution in [1.82, 2.24) is 4.98 Å². The summed E-state index contributed by atoms with van der Waals surface area (Å²) in [6.07, 6.45) is 1.62. The molecule has 0 unspecified atom stereocenters. The van der Waals surface area contributed by atoms with Crippen molar-refractivity contribution in [1.29, 1.82) is 5.26 Å². The Morgan fingerprint density at radius 2 is 2.06 bits per heavy atom. The van der Waals surface area contributed by atoms with Gasteiger partial charge < -0.3 is 5.32 Å². The molecule has 0 atom stereocenters. The van der Waals surface area contributed by atoms with Crippen molar-refractivity contribution in [2.45, 2.75) is 6.54 Å². The van der Waals surface area contributed by atoms with Crippen LogP contribution in [0.4, 0.5) is 14.5 Å². The number of hydrogen-bond donors (Lipinski definition) is 1. The second-order valence-electron chi connectivity index (χ2n) is 3.25. The molecule has 0 fully saturated rings. The lowest BCUT2D eigenvalue weighted by molar-refractivity contribution is 0.587. The summed E-state index contributed by atoms with van der Waals surface area (Å²) in [5.41, 5.74) is 1.38. The molecule has 0 bridgehead atoms. The van der Waals surface area contributed by atoms with Gasteiger partial charge in [-0.15, -0.1) is 11.3 Å². The van der Waals surface area contributed by atoms with Crippen LogP contribution in [-0.2, 0) is 6.54 Å². The quantitative estimate of drug-likeness (QED) is 0.912. The van der Waals surface area contributed by atoms with Crippen LogP contribution in [0.3, 0.4) is 0 Å². The summed E-state index contributed by atoms with van der Waals surface area (Å²) in [5, 5.41) is 11.2. The first kappa shape index (κ1) is 11.5. The molecule has 0 spiro atoms. The van der Waals surface area contributed by atoms with Gasteiger partial charge in [0, 0.05) is 11.1 Å². The Hall–Kier alpha value is -2.00. The third-order valence-corrected chi connectivity index (χ3v) is 2.87. The largest absolute Gasteiger partial charge is 0.375 e. The third kappa shape index (κ3) is 2.57. The molecule has 3 nitrogen and oxygen atoms in total. The Bertz CT molecular complexity index is 538. The van der Waals surface area contributed by atoms with Crippen molar-refractivity contribution in [3.63, 3.8) is 0 Å². The van der Waals surface area contributed by atoms with Crippen LogP contribution in [0.15, 0.2) is 23.8 Å². The van der Waals surface area contributed by atoms with Crippen molar-refractivity contribution in [2.24, 2.45) is 0 Å². The zero-order valence-corrected chi connectivity index (χ0v) is 9.39. The number of hydrogen-bond acceptors (Lipinski definition) is 4. The maximum Gasteiger partial charge on any atom is 0.150 e. The lowest BCUT2D eigenvalue weighted by atomic mass is 10.2. The van der Waals surface area contributed by atoms with Gasteiger partial charge in [-0.25, -0.2) is 8.78 Å². The van der Waals surface area contributed by atoms with E-state index in [-0.39, 0.29) is 11.3 Å². The maximum absolute atomic E-state index is 13.5. The number of rotatable bonds is 3. The molecule has 6 heteroatoms. The highest BCUT2D eigenvalue weighted by Crippen LogP contribution is 2.21. The van der Waals surface area contributed by atoms with Crippen LogP contribution in [0.25, 0.3) is 0 Å². The molecule has 0 saturated carbocycles. The summed E-state index contributed by atoms with van der Waals surface area (Å²) in [7, 11) is 0. The second-order valence-corrected chi connectivity index (χ2v) is 4.22. The van der Waals surface area contributed by atoms with Crippen molar-refractivity contribution in [3.05, 3.63) is 45.9 Å². The zero-order chi connectivity index (χ0) is 12.3. The predicted molar refractivity (Wildman–Crippen MR) is 60.5 cm³/mol. The Labute approximate surface area is 100 Å². The first-order valence-corrected chi connectivity index (χ1v) is 5.59. The van der Waals surface area contributed by atoms with E-state index in [4.69, 9.17) is 5.26 Å². The van der Waals surface area contributed by atoms with Gasteiger partial charge in [0.1, 0.15) is 5.69 Å².